The third kappa shape index (κ3) is 4.99. The van der Waals surface area contributed by atoms with Crippen molar-refractivity contribution in [3.63, 3.8) is 0 Å². The number of nitrogens with zero attached hydrogens (tertiary/aromatic N) is 2. The predicted molar refractivity (Wildman–Crippen MR) is 61.5 cm³/mol. The van der Waals surface area contributed by atoms with Crippen molar-refractivity contribution in [1.82, 2.24) is 9.96 Å². The van der Waals surface area contributed by atoms with Crippen molar-refractivity contribution < 1.29 is 0 Å². The fourth-order valence-corrected chi connectivity index (χ4v) is 1.89. The lowest BCUT2D eigenvalue weighted by molar-refractivity contribution is 0.237. The van der Waals surface area contributed by atoms with Gasteiger partial charge in [-0.2, -0.15) is 0 Å². The molecule has 0 aromatic heterocycles. The summed E-state index contributed by atoms with van der Waals surface area (Å²) in [6.45, 7) is 3.19. The third-order valence-corrected chi connectivity index (χ3v) is 2.84. The van der Waals surface area contributed by atoms with Crippen LogP contribution in [0.1, 0.15) is 32.1 Å². The van der Waals surface area contributed by atoms with Crippen LogP contribution in [0.25, 0.3) is 0 Å². The Bertz CT molecular complexity index is 190. The van der Waals surface area contributed by atoms with Crippen LogP contribution < -0.4 is 5.73 Å². The molecule has 0 amide bonds. The monoisotopic (exact) mass is 213 g/mol. The van der Waals surface area contributed by atoms with Crippen molar-refractivity contribution in [3.05, 3.63) is 5.21 Å². The van der Waals surface area contributed by atoms with Gasteiger partial charge in [-0.05, 0) is 25.9 Å². The Kier molecular flexibility index (Phi) is 5.42. The third-order valence-electron chi connectivity index (χ3n) is 2.84. The maximum Gasteiger partial charge on any atom is 0.177 e. The second-order valence-corrected chi connectivity index (χ2v) is 4.10. The minimum absolute atomic E-state index is 0.315. The molecule has 88 valence electrons. The number of hydrogen-bond acceptors (Lipinski definition) is 3. The number of rotatable bonds is 3. The molecule has 1 saturated heterocycles. The van der Waals surface area contributed by atoms with Gasteiger partial charge in [-0.3, -0.25) is 5.41 Å². The highest BCUT2D eigenvalue weighted by molar-refractivity contribution is 5.74. The predicted octanol–water partition coefficient (Wildman–Crippen LogP) is 0.946. The molecular weight excluding hydrogens is 192 g/mol. The molecule has 0 radical (unpaired) electrons. The number of likely N-dealkylation sites (tertiary alicyclic amines) is 1. The Morgan fingerprint density at radius 1 is 1.20 bits per heavy atom. The molecule has 1 heterocycles. The summed E-state index contributed by atoms with van der Waals surface area (Å²) in [4.78, 5) is 2.30. The molecule has 5 heteroatoms. The average molecular weight is 213 g/mol. The van der Waals surface area contributed by atoms with Crippen LogP contribution in [0, 0.1) is 10.6 Å². The lowest BCUT2D eigenvalue weighted by Gasteiger charge is -2.32. The quantitative estimate of drug-likeness (QED) is 0.415. The van der Waals surface area contributed by atoms with Crippen LogP contribution in [0.5, 0.6) is 0 Å². The van der Waals surface area contributed by atoms with E-state index in [0.717, 1.165) is 19.6 Å². The molecule has 0 spiro atoms. The number of hydroxylamine groups is 2. The number of nitrogens with one attached hydrogen (secondary N) is 1. The molecular formula is C10H21N4O-. The van der Waals surface area contributed by atoms with Gasteiger partial charge in [0.05, 0.1) is 0 Å². The average Bonchev–Trinajstić information content (AvgIpc) is 2.15. The summed E-state index contributed by atoms with van der Waals surface area (Å²) < 4.78 is 0. The number of nitrogens with two attached hydrogens (primary N) is 1. The molecule has 5 nitrogen and oxygen atoms in total. The summed E-state index contributed by atoms with van der Waals surface area (Å²) in [6, 6.07) is 0. The first-order valence-corrected chi connectivity index (χ1v) is 5.71. The molecule has 1 aliphatic heterocycles. The Morgan fingerprint density at radius 2 is 1.73 bits per heavy atom. The molecule has 0 aromatic rings. The summed E-state index contributed by atoms with van der Waals surface area (Å²) in [5.74, 6) is -0.387. The van der Waals surface area contributed by atoms with Crippen molar-refractivity contribution in [3.8, 4) is 0 Å². The first kappa shape index (κ1) is 12.3. The molecule has 0 bridgehead atoms. The normalized spacial score (nSPS) is 19.3. The molecule has 0 aliphatic carbocycles. The molecule has 0 saturated carbocycles. The van der Waals surface area contributed by atoms with E-state index in [9.17, 15) is 5.21 Å². The van der Waals surface area contributed by atoms with Crippen molar-refractivity contribution in [2.75, 3.05) is 26.2 Å². The summed E-state index contributed by atoms with van der Waals surface area (Å²) in [5, 5.41) is 18.6. The SMILES string of the molecule is N=C(N)N([O-])CCN1CCCCCCC1. The van der Waals surface area contributed by atoms with Crippen LogP contribution in [-0.2, 0) is 0 Å². The second-order valence-electron chi connectivity index (χ2n) is 4.10. The fraction of sp³-hybridized carbons (Fsp3) is 0.900. The highest BCUT2D eigenvalue weighted by Crippen LogP contribution is 2.09. The summed E-state index contributed by atoms with van der Waals surface area (Å²) >= 11 is 0. The fourth-order valence-electron chi connectivity index (χ4n) is 1.89. The van der Waals surface area contributed by atoms with Crippen LogP contribution in [0.2, 0.25) is 0 Å². The molecule has 0 unspecified atom stereocenters. The van der Waals surface area contributed by atoms with E-state index in [2.05, 4.69) is 4.90 Å². The van der Waals surface area contributed by atoms with Crippen molar-refractivity contribution in [2.45, 2.75) is 32.1 Å². The van der Waals surface area contributed by atoms with Gasteiger partial charge < -0.3 is 20.9 Å². The van der Waals surface area contributed by atoms with Crippen LogP contribution >= 0.6 is 0 Å². The molecule has 0 atom stereocenters. The zero-order valence-corrected chi connectivity index (χ0v) is 9.24. The first-order valence-electron chi connectivity index (χ1n) is 5.71. The van der Waals surface area contributed by atoms with Crippen molar-refractivity contribution >= 4 is 5.96 Å². The van der Waals surface area contributed by atoms with E-state index in [1.54, 1.807) is 0 Å². The van der Waals surface area contributed by atoms with E-state index in [0.29, 0.717) is 11.6 Å². The second kappa shape index (κ2) is 6.63. The minimum Gasteiger partial charge on any atom is -0.756 e. The molecule has 1 fully saturated rings. The zero-order chi connectivity index (χ0) is 11.1. The van der Waals surface area contributed by atoms with Gasteiger partial charge in [-0.1, -0.05) is 19.3 Å². The molecule has 1 rings (SSSR count). The lowest BCUT2D eigenvalue weighted by atomic mass is 10.1. The maximum atomic E-state index is 11.1. The van der Waals surface area contributed by atoms with Crippen LogP contribution in [0.3, 0.4) is 0 Å². The van der Waals surface area contributed by atoms with E-state index in [1.165, 1.54) is 32.1 Å². The molecule has 1 aliphatic rings. The van der Waals surface area contributed by atoms with Gasteiger partial charge in [0.2, 0.25) is 0 Å². The van der Waals surface area contributed by atoms with Gasteiger partial charge in [-0.15, -0.1) is 0 Å². The van der Waals surface area contributed by atoms with Crippen LogP contribution in [0.4, 0.5) is 0 Å². The molecule has 15 heavy (non-hydrogen) atoms. The Labute approximate surface area is 91.3 Å². The summed E-state index contributed by atoms with van der Waals surface area (Å²) in [6.07, 6.45) is 6.38. The Morgan fingerprint density at radius 3 is 2.27 bits per heavy atom. The van der Waals surface area contributed by atoms with Gasteiger partial charge in [0, 0.05) is 13.1 Å². The first-order chi connectivity index (χ1) is 7.20. The number of guanidine groups is 1. The maximum absolute atomic E-state index is 11.1. The highest BCUT2D eigenvalue weighted by Gasteiger charge is 2.07. The standard InChI is InChI=1S/C10H21N4O/c11-10(12)14(15)9-8-13-6-4-2-1-3-5-7-13/h1-9H2,(H3,11,12)/q-1. The molecule has 3 N–H and O–H groups in total. The van der Waals surface area contributed by atoms with Gasteiger partial charge in [-0.25, -0.2) is 0 Å². The highest BCUT2D eigenvalue weighted by atomic mass is 16.5. The topological polar surface area (TPSA) is 79.4 Å². The van der Waals surface area contributed by atoms with Gasteiger partial charge in [0.1, 0.15) is 0 Å². The van der Waals surface area contributed by atoms with Gasteiger partial charge in [0.25, 0.3) is 0 Å². The minimum atomic E-state index is -0.387. The van der Waals surface area contributed by atoms with E-state index in [1.807, 2.05) is 0 Å². The van der Waals surface area contributed by atoms with Crippen LogP contribution in [-0.4, -0.2) is 42.1 Å². The van der Waals surface area contributed by atoms with Gasteiger partial charge >= 0.3 is 0 Å². The van der Waals surface area contributed by atoms with Crippen molar-refractivity contribution in [2.24, 2.45) is 5.73 Å². The van der Waals surface area contributed by atoms with E-state index < -0.39 is 0 Å². The van der Waals surface area contributed by atoms with Crippen LogP contribution in [0.15, 0.2) is 0 Å². The van der Waals surface area contributed by atoms with E-state index in [-0.39, 0.29) is 5.96 Å². The van der Waals surface area contributed by atoms with E-state index in [4.69, 9.17) is 11.1 Å². The number of hydrogen-bond donors (Lipinski definition) is 2. The van der Waals surface area contributed by atoms with Crippen molar-refractivity contribution in [1.29, 1.82) is 5.41 Å². The van der Waals surface area contributed by atoms with E-state index >= 15 is 0 Å². The van der Waals surface area contributed by atoms with Gasteiger partial charge in [0.15, 0.2) is 5.96 Å². The largest absolute Gasteiger partial charge is 0.756 e. The smallest absolute Gasteiger partial charge is 0.177 e. The Hall–Kier alpha value is -0.810. The molecule has 0 aromatic carbocycles. The summed E-state index contributed by atoms with van der Waals surface area (Å²) in [5.41, 5.74) is 5.09. The lowest BCUT2D eigenvalue weighted by Crippen LogP contribution is -2.39. The summed E-state index contributed by atoms with van der Waals surface area (Å²) in [7, 11) is 0. The zero-order valence-electron chi connectivity index (χ0n) is 9.24. The Balaban J connectivity index is 2.20.